The van der Waals surface area contributed by atoms with Crippen molar-refractivity contribution in [2.24, 2.45) is 0 Å². The van der Waals surface area contributed by atoms with Crippen molar-refractivity contribution in [3.63, 3.8) is 0 Å². The molecule has 8 nitrogen and oxygen atoms in total. The highest BCUT2D eigenvalue weighted by molar-refractivity contribution is 7.99. The van der Waals surface area contributed by atoms with Crippen molar-refractivity contribution in [1.82, 2.24) is 14.5 Å². The highest BCUT2D eigenvalue weighted by Crippen LogP contribution is 2.22. The van der Waals surface area contributed by atoms with Crippen LogP contribution in [0.15, 0.2) is 40.3 Å². The smallest absolute Gasteiger partial charge is 0.278 e. The van der Waals surface area contributed by atoms with Gasteiger partial charge in [0.05, 0.1) is 11.3 Å². The summed E-state index contributed by atoms with van der Waals surface area (Å²) in [6.07, 6.45) is 0. The second-order valence-electron chi connectivity index (χ2n) is 6.97. The molecule has 3 aromatic rings. The SMILES string of the molecule is CC(=O)Nc1cccc(NC(=O)CSc2nc3cc(C)[nH]c3c(=O)n2C(C)C)c1. The van der Waals surface area contributed by atoms with Gasteiger partial charge in [-0.3, -0.25) is 19.0 Å². The second-order valence-corrected chi connectivity index (χ2v) is 7.92. The van der Waals surface area contributed by atoms with Crippen LogP contribution in [0.3, 0.4) is 0 Å². The highest BCUT2D eigenvalue weighted by atomic mass is 32.2. The number of carbonyl (C=O) groups excluding carboxylic acids is 2. The number of aromatic amines is 1. The van der Waals surface area contributed by atoms with Crippen molar-refractivity contribution in [3.05, 3.63) is 46.4 Å². The fraction of sp³-hybridized carbons (Fsp3) is 0.300. The third kappa shape index (κ3) is 4.86. The lowest BCUT2D eigenvalue weighted by atomic mass is 10.2. The van der Waals surface area contributed by atoms with Gasteiger partial charge in [-0.2, -0.15) is 0 Å². The van der Waals surface area contributed by atoms with Crippen LogP contribution in [0.2, 0.25) is 0 Å². The zero-order valence-corrected chi connectivity index (χ0v) is 17.5. The van der Waals surface area contributed by atoms with E-state index in [1.807, 2.05) is 26.8 Å². The van der Waals surface area contributed by atoms with Crippen LogP contribution in [-0.4, -0.2) is 32.1 Å². The van der Waals surface area contributed by atoms with Gasteiger partial charge in [-0.25, -0.2) is 4.98 Å². The van der Waals surface area contributed by atoms with Crippen molar-refractivity contribution in [3.8, 4) is 0 Å². The van der Waals surface area contributed by atoms with Crippen LogP contribution in [0, 0.1) is 6.92 Å². The molecule has 0 atom stereocenters. The molecule has 0 saturated heterocycles. The fourth-order valence-electron chi connectivity index (χ4n) is 2.95. The van der Waals surface area contributed by atoms with E-state index in [-0.39, 0.29) is 29.2 Å². The zero-order chi connectivity index (χ0) is 21.1. The van der Waals surface area contributed by atoms with Gasteiger partial charge in [0.1, 0.15) is 5.52 Å². The van der Waals surface area contributed by atoms with Crippen molar-refractivity contribution >= 4 is 46.0 Å². The Balaban J connectivity index is 1.76. The molecule has 2 aromatic heterocycles. The molecule has 2 heterocycles. The van der Waals surface area contributed by atoms with E-state index in [0.29, 0.717) is 27.6 Å². The van der Waals surface area contributed by atoms with E-state index in [2.05, 4.69) is 20.6 Å². The van der Waals surface area contributed by atoms with Crippen molar-refractivity contribution in [2.45, 2.75) is 38.9 Å². The average molecular weight is 414 g/mol. The van der Waals surface area contributed by atoms with Crippen molar-refractivity contribution in [2.75, 3.05) is 16.4 Å². The number of H-pyrrole nitrogens is 1. The molecule has 0 aliphatic heterocycles. The first kappa shape index (κ1) is 20.7. The molecule has 0 spiro atoms. The maximum Gasteiger partial charge on any atom is 0.278 e. The van der Waals surface area contributed by atoms with Crippen LogP contribution in [0.1, 0.15) is 32.5 Å². The van der Waals surface area contributed by atoms with Gasteiger partial charge < -0.3 is 15.6 Å². The Hall–Kier alpha value is -3.07. The minimum absolute atomic E-state index is 0.0945. The second kappa shape index (κ2) is 8.52. The average Bonchev–Trinajstić information content (AvgIpc) is 3.00. The number of rotatable bonds is 6. The van der Waals surface area contributed by atoms with Crippen LogP contribution < -0.4 is 16.2 Å². The number of nitrogens with one attached hydrogen (secondary N) is 3. The molecule has 0 unspecified atom stereocenters. The molecule has 0 radical (unpaired) electrons. The molecule has 0 bridgehead atoms. The largest absolute Gasteiger partial charge is 0.353 e. The Kier molecular flexibility index (Phi) is 6.07. The predicted octanol–water partition coefficient (Wildman–Crippen LogP) is 3.30. The number of carbonyl (C=O) groups is 2. The Morgan fingerprint density at radius 2 is 1.90 bits per heavy atom. The first-order chi connectivity index (χ1) is 13.7. The molecule has 1 aromatic carbocycles. The van der Waals surface area contributed by atoms with Crippen LogP contribution in [0.4, 0.5) is 11.4 Å². The molecule has 0 saturated carbocycles. The van der Waals surface area contributed by atoms with Gasteiger partial charge in [0.2, 0.25) is 11.8 Å². The number of nitrogens with zero attached hydrogens (tertiary/aromatic N) is 2. The van der Waals surface area contributed by atoms with Crippen LogP contribution >= 0.6 is 11.8 Å². The molecular formula is C20H23N5O3S. The van der Waals surface area contributed by atoms with Gasteiger partial charge in [-0.1, -0.05) is 17.8 Å². The Bertz CT molecular complexity index is 1130. The zero-order valence-electron chi connectivity index (χ0n) is 16.7. The van der Waals surface area contributed by atoms with Gasteiger partial charge in [-0.05, 0) is 45.0 Å². The molecule has 3 N–H and O–H groups in total. The molecule has 2 amide bonds. The number of hydrogen-bond acceptors (Lipinski definition) is 5. The monoisotopic (exact) mass is 413 g/mol. The highest BCUT2D eigenvalue weighted by Gasteiger charge is 2.16. The minimum Gasteiger partial charge on any atom is -0.353 e. The maximum absolute atomic E-state index is 12.8. The van der Waals surface area contributed by atoms with E-state index in [9.17, 15) is 14.4 Å². The molecule has 0 aliphatic rings. The summed E-state index contributed by atoms with van der Waals surface area (Å²) in [6, 6.07) is 8.63. The normalized spacial score (nSPS) is 11.1. The van der Waals surface area contributed by atoms with E-state index in [0.717, 1.165) is 5.69 Å². The topological polar surface area (TPSA) is 109 Å². The molecule has 0 aliphatic carbocycles. The number of aromatic nitrogens is 3. The third-order valence-corrected chi connectivity index (χ3v) is 5.05. The summed E-state index contributed by atoms with van der Waals surface area (Å²) in [4.78, 5) is 44.0. The summed E-state index contributed by atoms with van der Waals surface area (Å²) in [5.41, 5.74) is 2.96. The first-order valence-corrected chi connectivity index (χ1v) is 10.2. The molecule has 3 rings (SSSR count). The predicted molar refractivity (Wildman–Crippen MR) is 116 cm³/mol. The van der Waals surface area contributed by atoms with Gasteiger partial charge in [0, 0.05) is 30.0 Å². The maximum atomic E-state index is 12.8. The van der Waals surface area contributed by atoms with Crippen LogP contribution in [0.25, 0.3) is 11.0 Å². The van der Waals surface area contributed by atoms with Crippen molar-refractivity contribution < 1.29 is 9.59 Å². The summed E-state index contributed by atoms with van der Waals surface area (Å²) in [5.74, 6) is -0.319. The summed E-state index contributed by atoms with van der Waals surface area (Å²) in [7, 11) is 0. The molecule has 9 heteroatoms. The van der Waals surface area contributed by atoms with Crippen LogP contribution in [-0.2, 0) is 9.59 Å². The Morgan fingerprint density at radius 3 is 2.55 bits per heavy atom. The van der Waals surface area contributed by atoms with Crippen LogP contribution in [0.5, 0.6) is 0 Å². The number of amides is 2. The first-order valence-electron chi connectivity index (χ1n) is 9.16. The molecule has 29 heavy (non-hydrogen) atoms. The molecule has 152 valence electrons. The van der Waals surface area contributed by atoms with E-state index < -0.39 is 0 Å². The Labute approximate surface area is 172 Å². The third-order valence-electron chi connectivity index (χ3n) is 4.10. The summed E-state index contributed by atoms with van der Waals surface area (Å²) in [5, 5.41) is 5.97. The number of anilines is 2. The number of aryl methyl sites for hydroxylation is 1. The summed E-state index contributed by atoms with van der Waals surface area (Å²) >= 11 is 1.21. The van der Waals surface area contributed by atoms with E-state index in [1.165, 1.54) is 18.7 Å². The van der Waals surface area contributed by atoms with E-state index in [1.54, 1.807) is 28.8 Å². The number of hydrogen-bond donors (Lipinski definition) is 3. The number of fused-ring (bicyclic) bond motifs is 1. The Morgan fingerprint density at radius 1 is 1.21 bits per heavy atom. The number of thioether (sulfide) groups is 1. The van der Waals surface area contributed by atoms with Gasteiger partial charge in [-0.15, -0.1) is 0 Å². The lowest BCUT2D eigenvalue weighted by molar-refractivity contribution is -0.114. The fourth-order valence-corrected chi connectivity index (χ4v) is 3.88. The summed E-state index contributed by atoms with van der Waals surface area (Å²) < 4.78 is 1.59. The van der Waals surface area contributed by atoms with E-state index >= 15 is 0 Å². The molecular weight excluding hydrogens is 390 g/mol. The standard InChI is InChI=1S/C20H23N5O3S/c1-11(2)25-19(28)18-16(8-12(3)21-18)24-20(25)29-10-17(27)23-15-7-5-6-14(9-15)22-13(4)26/h5-9,11,21H,10H2,1-4H3,(H,22,26)(H,23,27). The lowest BCUT2D eigenvalue weighted by Crippen LogP contribution is -2.25. The quantitative estimate of drug-likeness (QED) is 0.424. The van der Waals surface area contributed by atoms with Gasteiger partial charge >= 0.3 is 0 Å². The number of benzene rings is 1. The summed E-state index contributed by atoms with van der Waals surface area (Å²) in [6.45, 7) is 7.10. The van der Waals surface area contributed by atoms with Crippen molar-refractivity contribution in [1.29, 1.82) is 0 Å². The van der Waals surface area contributed by atoms with Gasteiger partial charge in [0.15, 0.2) is 5.16 Å². The van der Waals surface area contributed by atoms with Gasteiger partial charge in [0.25, 0.3) is 5.56 Å². The molecule has 0 fully saturated rings. The van der Waals surface area contributed by atoms with E-state index in [4.69, 9.17) is 0 Å². The lowest BCUT2D eigenvalue weighted by Gasteiger charge is -2.15. The minimum atomic E-state index is -0.232.